The Morgan fingerprint density at radius 1 is 0.933 bits per heavy atom. The summed E-state index contributed by atoms with van der Waals surface area (Å²) in [6, 6.07) is 0. The van der Waals surface area contributed by atoms with Crippen molar-refractivity contribution in [2.75, 3.05) is 6.61 Å². The van der Waals surface area contributed by atoms with Gasteiger partial charge in [0.1, 0.15) is 0 Å². The molecule has 30 heavy (non-hydrogen) atoms. The number of hydrogen-bond donors (Lipinski definition) is 3. The van der Waals surface area contributed by atoms with Crippen molar-refractivity contribution in [2.45, 2.75) is 116 Å². The fraction of sp³-hybridized carbons (Fsp3) is 1.00. The van der Waals surface area contributed by atoms with Crippen LogP contribution in [0.1, 0.15) is 105 Å². The van der Waals surface area contributed by atoms with Crippen LogP contribution in [0.5, 0.6) is 0 Å². The third-order valence-electron chi connectivity index (χ3n) is 11.2. The van der Waals surface area contributed by atoms with Gasteiger partial charge in [0.2, 0.25) is 0 Å². The Morgan fingerprint density at radius 2 is 1.67 bits per heavy atom. The Hall–Kier alpha value is -0.120. The van der Waals surface area contributed by atoms with Crippen LogP contribution in [0.25, 0.3) is 0 Å². The summed E-state index contributed by atoms with van der Waals surface area (Å²) in [5.74, 6) is 3.87. The highest BCUT2D eigenvalue weighted by Gasteiger charge is 2.66. The predicted molar refractivity (Wildman–Crippen MR) is 122 cm³/mol. The Morgan fingerprint density at radius 3 is 2.40 bits per heavy atom. The molecule has 3 heteroatoms. The monoisotopic (exact) mass is 420 g/mol. The van der Waals surface area contributed by atoms with E-state index < -0.39 is 11.7 Å². The first-order valence-corrected chi connectivity index (χ1v) is 13.2. The minimum atomic E-state index is -0.852. The van der Waals surface area contributed by atoms with Gasteiger partial charge in [0.25, 0.3) is 0 Å². The van der Waals surface area contributed by atoms with Gasteiger partial charge >= 0.3 is 0 Å². The molecule has 0 heterocycles. The quantitative estimate of drug-likeness (QED) is 0.527. The molecule has 0 spiro atoms. The fourth-order valence-corrected chi connectivity index (χ4v) is 9.36. The molecule has 174 valence electrons. The first-order chi connectivity index (χ1) is 14.2. The molecule has 0 saturated heterocycles. The van der Waals surface area contributed by atoms with Gasteiger partial charge < -0.3 is 15.3 Å². The molecule has 0 aromatic carbocycles. The summed E-state index contributed by atoms with van der Waals surface area (Å²) in [6.45, 7) is 9.85. The van der Waals surface area contributed by atoms with Crippen LogP contribution in [0.3, 0.4) is 0 Å². The maximum Gasteiger partial charge on any atom is 0.0961 e. The lowest BCUT2D eigenvalue weighted by Crippen LogP contribution is -2.67. The summed E-state index contributed by atoms with van der Waals surface area (Å²) >= 11 is 0. The van der Waals surface area contributed by atoms with Crippen molar-refractivity contribution in [2.24, 2.45) is 46.3 Å². The van der Waals surface area contributed by atoms with E-state index in [4.69, 9.17) is 0 Å². The van der Waals surface area contributed by atoms with E-state index in [-0.39, 0.29) is 5.41 Å². The summed E-state index contributed by atoms with van der Waals surface area (Å²) < 4.78 is 0. The van der Waals surface area contributed by atoms with Crippen molar-refractivity contribution in [3.8, 4) is 0 Å². The molecular weight excluding hydrogens is 372 g/mol. The van der Waals surface area contributed by atoms with Crippen LogP contribution in [0.4, 0.5) is 0 Å². The number of rotatable bonds is 6. The van der Waals surface area contributed by atoms with Crippen LogP contribution in [0, 0.1) is 46.3 Å². The molecule has 2 unspecified atom stereocenters. The molecule has 0 aromatic rings. The second-order valence-corrected chi connectivity index (χ2v) is 12.6. The molecule has 0 aromatic heterocycles. The van der Waals surface area contributed by atoms with Crippen molar-refractivity contribution in [3.63, 3.8) is 0 Å². The molecule has 0 radical (unpaired) electrons. The molecule has 3 N–H and O–H groups in total. The molecule has 0 amide bonds. The van der Waals surface area contributed by atoms with Crippen molar-refractivity contribution in [3.05, 3.63) is 0 Å². The summed E-state index contributed by atoms with van der Waals surface area (Å²) in [5, 5.41) is 32.1. The van der Waals surface area contributed by atoms with Crippen LogP contribution >= 0.6 is 0 Å². The minimum absolute atomic E-state index is 0.0982. The van der Waals surface area contributed by atoms with E-state index in [0.717, 1.165) is 49.9 Å². The molecule has 4 aliphatic carbocycles. The fourth-order valence-electron chi connectivity index (χ4n) is 9.36. The van der Waals surface area contributed by atoms with Gasteiger partial charge in [-0.05, 0) is 92.3 Å². The topological polar surface area (TPSA) is 60.7 Å². The third-order valence-corrected chi connectivity index (χ3v) is 11.2. The van der Waals surface area contributed by atoms with Gasteiger partial charge in [-0.3, -0.25) is 0 Å². The summed E-state index contributed by atoms with van der Waals surface area (Å²) in [7, 11) is 0. The Bertz CT molecular complexity index is 607. The molecule has 3 nitrogen and oxygen atoms in total. The molecule has 4 rings (SSSR count). The lowest BCUT2D eigenvalue weighted by atomic mass is 9.42. The molecule has 4 saturated carbocycles. The third kappa shape index (κ3) is 3.41. The molecule has 4 fully saturated rings. The second kappa shape index (κ2) is 8.34. The number of fused-ring (bicyclic) bond motifs is 5. The van der Waals surface area contributed by atoms with E-state index in [1.54, 1.807) is 0 Å². The Labute approximate surface area is 185 Å². The summed E-state index contributed by atoms with van der Waals surface area (Å²) in [6.07, 6.45) is 13.3. The van der Waals surface area contributed by atoms with Gasteiger partial charge in [-0.1, -0.05) is 53.4 Å². The van der Waals surface area contributed by atoms with Gasteiger partial charge in [0, 0.05) is 12.0 Å². The van der Waals surface area contributed by atoms with E-state index in [2.05, 4.69) is 27.7 Å². The zero-order chi connectivity index (χ0) is 21.7. The van der Waals surface area contributed by atoms with E-state index in [1.165, 1.54) is 44.9 Å². The number of aliphatic hydroxyl groups is 3. The highest BCUT2D eigenvalue weighted by atomic mass is 16.3. The molecule has 10 atom stereocenters. The first-order valence-electron chi connectivity index (χ1n) is 13.2. The van der Waals surface area contributed by atoms with Crippen molar-refractivity contribution in [1.82, 2.24) is 0 Å². The van der Waals surface area contributed by atoms with E-state index in [0.29, 0.717) is 29.8 Å². The summed E-state index contributed by atoms with van der Waals surface area (Å²) in [5.41, 5.74) is -0.544. The smallest absolute Gasteiger partial charge is 0.0961 e. The van der Waals surface area contributed by atoms with Crippen molar-refractivity contribution >= 4 is 0 Å². The molecule has 0 aliphatic heterocycles. The highest BCUT2D eigenvalue weighted by molar-refractivity contribution is 5.16. The Balaban J connectivity index is 1.49. The van der Waals surface area contributed by atoms with Crippen LogP contribution in [0.2, 0.25) is 0 Å². The Kier molecular flexibility index (Phi) is 6.41. The zero-order valence-corrected chi connectivity index (χ0v) is 20.1. The number of aliphatic hydroxyl groups excluding tert-OH is 2. The second-order valence-electron chi connectivity index (χ2n) is 12.6. The predicted octanol–water partition coefficient (Wildman–Crippen LogP) is 5.56. The van der Waals surface area contributed by atoms with Crippen molar-refractivity contribution < 1.29 is 15.3 Å². The maximum absolute atomic E-state index is 11.6. The van der Waals surface area contributed by atoms with Gasteiger partial charge in [-0.25, -0.2) is 0 Å². The van der Waals surface area contributed by atoms with Gasteiger partial charge in [-0.2, -0.15) is 0 Å². The lowest BCUT2D eigenvalue weighted by Gasteiger charge is -2.65. The van der Waals surface area contributed by atoms with Gasteiger partial charge in [0.05, 0.1) is 11.7 Å². The van der Waals surface area contributed by atoms with E-state index in [1.807, 2.05) is 0 Å². The average Bonchev–Trinajstić information content (AvgIpc) is 3.07. The maximum atomic E-state index is 11.6. The minimum Gasteiger partial charge on any atom is -0.396 e. The largest absolute Gasteiger partial charge is 0.396 e. The first kappa shape index (κ1) is 23.1. The molecule has 4 aliphatic rings. The standard InChI is InChI=1S/C27H48O3/c1-18(17-28)8-7-9-19(2)21-10-11-22-20-16-24(29)27(30)14-6-5-13-26(27,4)23(20)12-15-25(21,22)3/h18-24,28-30H,5-17H2,1-4H3/t18?,19?,20-,21+,22-,23-,24+,25+,26+,27-/m0/s1. The molecule has 0 bridgehead atoms. The van der Waals surface area contributed by atoms with Gasteiger partial charge in [-0.15, -0.1) is 0 Å². The zero-order valence-electron chi connectivity index (χ0n) is 20.1. The molecular formula is C27H48O3. The van der Waals surface area contributed by atoms with E-state index >= 15 is 0 Å². The van der Waals surface area contributed by atoms with Crippen LogP contribution in [-0.4, -0.2) is 33.6 Å². The average molecular weight is 421 g/mol. The van der Waals surface area contributed by atoms with Gasteiger partial charge in [0.15, 0.2) is 0 Å². The van der Waals surface area contributed by atoms with Crippen molar-refractivity contribution in [1.29, 1.82) is 0 Å². The SMILES string of the molecule is CC(CO)CCCC(C)[C@H]1CC[C@H]2[C@@H]3C[C@@H](O)[C@@]4(O)CCCC[C@]4(C)[C@H]3CC[C@]12C. The van der Waals surface area contributed by atoms with Crippen LogP contribution < -0.4 is 0 Å². The van der Waals surface area contributed by atoms with E-state index in [9.17, 15) is 15.3 Å². The summed E-state index contributed by atoms with van der Waals surface area (Å²) in [4.78, 5) is 0. The normalized spacial score (nSPS) is 50.3. The van der Waals surface area contributed by atoms with Crippen LogP contribution in [0.15, 0.2) is 0 Å². The highest BCUT2D eigenvalue weighted by Crippen LogP contribution is 2.69. The van der Waals surface area contributed by atoms with Crippen LogP contribution in [-0.2, 0) is 0 Å². The number of hydrogen-bond acceptors (Lipinski definition) is 3. The lowest BCUT2D eigenvalue weighted by molar-refractivity contribution is -0.253.